The summed E-state index contributed by atoms with van der Waals surface area (Å²) >= 11 is 3.56. The van der Waals surface area contributed by atoms with Crippen molar-refractivity contribution in [2.45, 2.75) is 39.8 Å². The van der Waals surface area contributed by atoms with Crippen LogP contribution in [0, 0.1) is 6.92 Å². The number of fused-ring (bicyclic) bond motifs is 1. The standard InChI is InChI=1S/C17H21BrN4/c1-11(2)19-16-9-17(21-12(3)20-16)22-7-6-13-4-5-15(18)8-14(13)10-22/h4-5,8-9,11H,6-7,10H2,1-3H3,(H,19,20,21). The summed E-state index contributed by atoms with van der Waals surface area (Å²) in [7, 11) is 0. The minimum atomic E-state index is 0.361. The van der Waals surface area contributed by atoms with Crippen molar-refractivity contribution >= 4 is 27.6 Å². The lowest BCUT2D eigenvalue weighted by atomic mass is 10.00. The molecule has 1 aromatic carbocycles. The van der Waals surface area contributed by atoms with Crippen molar-refractivity contribution in [3.63, 3.8) is 0 Å². The Balaban J connectivity index is 1.87. The predicted octanol–water partition coefficient (Wildman–Crippen LogP) is 3.93. The number of benzene rings is 1. The maximum atomic E-state index is 4.62. The number of hydrogen-bond donors (Lipinski definition) is 1. The Bertz CT molecular complexity index is 684. The average molecular weight is 361 g/mol. The van der Waals surface area contributed by atoms with E-state index in [1.165, 1.54) is 11.1 Å². The van der Waals surface area contributed by atoms with Gasteiger partial charge in [-0.25, -0.2) is 9.97 Å². The smallest absolute Gasteiger partial charge is 0.134 e. The van der Waals surface area contributed by atoms with E-state index in [4.69, 9.17) is 0 Å². The van der Waals surface area contributed by atoms with E-state index >= 15 is 0 Å². The molecule has 0 spiro atoms. The van der Waals surface area contributed by atoms with E-state index in [9.17, 15) is 0 Å². The molecule has 1 aliphatic heterocycles. The van der Waals surface area contributed by atoms with Crippen LogP contribution in [0.15, 0.2) is 28.7 Å². The van der Waals surface area contributed by atoms with Crippen molar-refractivity contribution in [2.24, 2.45) is 0 Å². The second-order valence-corrected chi connectivity index (χ2v) is 6.96. The van der Waals surface area contributed by atoms with Crippen LogP contribution in [-0.2, 0) is 13.0 Å². The quantitative estimate of drug-likeness (QED) is 0.900. The van der Waals surface area contributed by atoms with Crippen molar-refractivity contribution < 1.29 is 0 Å². The largest absolute Gasteiger partial charge is 0.368 e. The van der Waals surface area contributed by atoms with E-state index in [0.29, 0.717) is 6.04 Å². The van der Waals surface area contributed by atoms with Crippen molar-refractivity contribution in [2.75, 3.05) is 16.8 Å². The highest BCUT2D eigenvalue weighted by atomic mass is 79.9. The van der Waals surface area contributed by atoms with Gasteiger partial charge in [0.05, 0.1) is 0 Å². The van der Waals surface area contributed by atoms with Gasteiger partial charge in [0.2, 0.25) is 0 Å². The van der Waals surface area contributed by atoms with Crippen LogP contribution in [0.5, 0.6) is 0 Å². The number of aromatic nitrogens is 2. The number of hydrogen-bond acceptors (Lipinski definition) is 4. The minimum Gasteiger partial charge on any atom is -0.368 e. The van der Waals surface area contributed by atoms with Crippen LogP contribution in [0.4, 0.5) is 11.6 Å². The fraction of sp³-hybridized carbons (Fsp3) is 0.412. The molecule has 0 saturated carbocycles. The maximum Gasteiger partial charge on any atom is 0.134 e. The molecule has 2 aromatic rings. The molecule has 0 radical (unpaired) electrons. The summed E-state index contributed by atoms with van der Waals surface area (Å²) in [6.45, 7) is 8.07. The van der Waals surface area contributed by atoms with Gasteiger partial charge in [-0.1, -0.05) is 22.0 Å². The van der Waals surface area contributed by atoms with Crippen molar-refractivity contribution in [1.29, 1.82) is 0 Å². The van der Waals surface area contributed by atoms with Crippen LogP contribution in [0.3, 0.4) is 0 Å². The minimum absolute atomic E-state index is 0.361. The Morgan fingerprint density at radius 2 is 2.00 bits per heavy atom. The SMILES string of the molecule is Cc1nc(NC(C)C)cc(N2CCc3ccc(Br)cc3C2)n1. The van der Waals surface area contributed by atoms with Gasteiger partial charge in [0.1, 0.15) is 17.5 Å². The number of anilines is 2. The summed E-state index contributed by atoms with van der Waals surface area (Å²) in [5, 5.41) is 3.37. The lowest BCUT2D eigenvalue weighted by molar-refractivity contribution is 0.716. The predicted molar refractivity (Wildman–Crippen MR) is 94.4 cm³/mol. The third-order valence-electron chi connectivity index (χ3n) is 3.77. The van der Waals surface area contributed by atoms with E-state index in [2.05, 4.69) is 74.2 Å². The molecule has 4 nitrogen and oxygen atoms in total. The monoisotopic (exact) mass is 360 g/mol. The third-order valence-corrected chi connectivity index (χ3v) is 4.26. The lowest BCUT2D eigenvalue weighted by Gasteiger charge is -2.30. The first-order valence-electron chi connectivity index (χ1n) is 7.66. The molecule has 1 N–H and O–H groups in total. The maximum absolute atomic E-state index is 4.62. The Kier molecular flexibility index (Phi) is 4.34. The molecule has 22 heavy (non-hydrogen) atoms. The zero-order valence-electron chi connectivity index (χ0n) is 13.2. The topological polar surface area (TPSA) is 41.1 Å². The zero-order chi connectivity index (χ0) is 15.7. The zero-order valence-corrected chi connectivity index (χ0v) is 14.8. The van der Waals surface area contributed by atoms with Crippen molar-refractivity contribution in [3.8, 4) is 0 Å². The van der Waals surface area contributed by atoms with Gasteiger partial charge in [0.25, 0.3) is 0 Å². The molecule has 0 unspecified atom stereocenters. The van der Waals surface area contributed by atoms with Gasteiger partial charge in [-0.05, 0) is 50.5 Å². The van der Waals surface area contributed by atoms with Crippen LogP contribution in [0.2, 0.25) is 0 Å². The summed E-state index contributed by atoms with van der Waals surface area (Å²) in [4.78, 5) is 11.4. The van der Waals surface area contributed by atoms with Crippen molar-refractivity contribution in [1.82, 2.24) is 9.97 Å². The van der Waals surface area contributed by atoms with Crippen LogP contribution < -0.4 is 10.2 Å². The summed E-state index contributed by atoms with van der Waals surface area (Å²) in [5.41, 5.74) is 2.81. The lowest BCUT2D eigenvalue weighted by Crippen LogP contribution is -2.31. The summed E-state index contributed by atoms with van der Waals surface area (Å²) in [6.07, 6.45) is 1.05. The molecule has 0 aliphatic carbocycles. The summed E-state index contributed by atoms with van der Waals surface area (Å²) < 4.78 is 1.13. The molecule has 116 valence electrons. The first-order valence-corrected chi connectivity index (χ1v) is 8.45. The van der Waals surface area contributed by atoms with E-state index in [-0.39, 0.29) is 0 Å². The Morgan fingerprint density at radius 1 is 1.18 bits per heavy atom. The molecule has 5 heteroatoms. The van der Waals surface area contributed by atoms with Crippen molar-refractivity contribution in [3.05, 3.63) is 45.7 Å². The van der Waals surface area contributed by atoms with Gasteiger partial charge >= 0.3 is 0 Å². The molecule has 0 atom stereocenters. The highest BCUT2D eigenvalue weighted by Crippen LogP contribution is 2.26. The molecule has 0 fully saturated rings. The van der Waals surface area contributed by atoms with Crippen LogP contribution in [0.25, 0.3) is 0 Å². The number of rotatable bonds is 3. The molecule has 2 heterocycles. The van der Waals surface area contributed by atoms with Gasteiger partial charge < -0.3 is 10.2 Å². The molecular formula is C17H21BrN4. The summed E-state index contributed by atoms with van der Waals surface area (Å²) in [5.74, 6) is 2.71. The van der Waals surface area contributed by atoms with Gasteiger partial charge in [-0.2, -0.15) is 0 Å². The number of nitrogens with zero attached hydrogens (tertiary/aromatic N) is 3. The third kappa shape index (κ3) is 3.40. The summed E-state index contributed by atoms with van der Waals surface area (Å²) in [6, 6.07) is 8.96. The van der Waals surface area contributed by atoms with Gasteiger partial charge in [-0.3, -0.25) is 0 Å². The van der Waals surface area contributed by atoms with E-state index in [0.717, 1.165) is 41.4 Å². The van der Waals surface area contributed by atoms with E-state index in [1.54, 1.807) is 0 Å². The molecule has 3 rings (SSSR count). The molecule has 0 amide bonds. The van der Waals surface area contributed by atoms with Gasteiger partial charge in [0.15, 0.2) is 0 Å². The molecule has 1 aromatic heterocycles. The second-order valence-electron chi connectivity index (χ2n) is 6.04. The number of nitrogens with one attached hydrogen (secondary N) is 1. The van der Waals surface area contributed by atoms with Gasteiger partial charge in [0, 0.05) is 29.7 Å². The molecule has 1 aliphatic rings. The Labute approximate surface area is 140 Å². The van der Waals surface area contributed by atoms with Crippen LogP contribution >= 0.6 is 15.9 Å². The number of halogens is 1. The average Bonchev–Trinajstić information content (AvgIpc) is 2.45. The van der Waals surface area contributed by atoms with E-state index < -0.39 is 0 Å². The first-order chi connectivity index (χ1) is 10.5. The highest BCUT2D eigenvalue weighted by Gasteiger charge is 2.18. The van der Waals surface area contributed by atoms with Gasteiger partial charge in [-0.15, -0.1) is 0 Å². The van der Waals surface area contributed by atoms with Crippen LogP contribution in [-0.4, -0.2) is 22.6 Å². The normalized spacial score (nSPS) is 14.1. The Morgan fingerprint density at radius 3 is 2.77 bits per heavy atom. The number of aryl methyl sites for hydroxylation is 1. The van der Waals surface area contributed by atoms with Crippen LogP contribution in [0.1, 0.15) is 30.8 Å². The fourth-order valence-corrected chi connectivity index (χ4v) is 3.21. The molecule has 0 saturated heterocycles. The highest BCUT2D eigenvalue weighted by molar-refractivity contribution is 9.10. The Hall–Kier alpha value is -1.62. The first kappa shape index (κ1) is 15.3. The molecule has 0 bridgehead atoms. The second kappa shape index (κ2) is 6.24. The fourth-order valence-electron chi connectivity index (χ4n) is 2.80. The molecular weight excluding hydrogens is 340 g/mol. The van der Waals surface area contributed by atoms with E-state index in [1.807, 2.05) is 6.92 Å².